The van der Waals surface area contributed by atoms with Gasteiger partial charge in [-0.15, -0.1) is 0 Å². The lowest BCUT2D eigenvalue weighted by Gasteiger charge is -2.17. The number of carbonyl (C=O) groups is 1. The third kappa shape index (κ3) is 2.75. The van der Waals surface area contributed by atoms with Crippen LogP contribution in [0.2, 0.25) is 0 Å². The fourth-order valence-electron chi connectivity index (χ4n) is 2.55. The van der Waals surface area contributed by atoms with Crippen molar-refractivity contribution < 1.29 is 4.79 Å². The molecule has 0 atom stereocenters. The SMILES string of the molecule is CN(C(=O)c1c[nH]c2c(CS)cccc2c1=O)c1ccccc1. The van der Waals surface area contributed by atoms with Gasteiger partial charge in [0, 0.05) is 30.1 Å². The molecule has 2 aromatic carbocycles. The Bertz CT molecular complexity index is 919. The zero-order valence-electron chi connectivity index (χ0n) is 12.6. The number of benzene rings is 2. The van der Waals surface area contributed by atoms with Crippen LogP contribution in [0.15, 0.2) is 59.5 Å². The maximum absolute atomic E-state index is 12.7. The Morgan fingerprint density at radius 3 is 2.57 bits per heavy atom. The van der Waals surface area contributed by atoms with Crippen LogP contribution in [0.3, 0.4) is 0 Å². The average Bonchev–Trinajstić information content (AvgIpc) is 2.61. The van der Waals surface area contributed by atoms with Gasteiger partial charge in [-0.2, -0.15) is 12.6 Å². The first-order valence-corrected chi connectivity index (χ1v) is 7.84. The molecule has 5 heteroatoms. The minimum atomic E-state index is -0.337. The molecule has 0 saturated carbocycles. The molecule has 1 heterocycles. The Kier molecular flexibility index (Phi) is 4.21. The van der Waals surface area contributed by atoms with Crippen molar-refractivity contribution in [2.45, 2.75) is 5.75 Å². The van der Waals surface area contributed by atoms with E-state index in [2.05, 4.69) is 17.6 Å². The topological polar surface area (TPSA) is 53.2 Å². The number of anilines is 1. The summed E-state index contributed by atoms with van der Waals surface area (Å²) >= 11 is 4.27. The highest BCUT2D eigenvalue weighted by atomic mass is 32.1. The smallest absolute Gasteiger partial charge is 0.263 e. The van der Waals surface area contributed by atoms with Crippen LogP contribution in [0.25, 0.3) is 10.9 Å². The molecule has 0 bridgehead atoms. The molecule has 3 aromatic rings. The fourth-order valence-corrected chi connectivity index (χ4v) is 2.82. The van der Waals surface area contributed by atoms with Gasteiger partial charge in [0.25, 0.3) is 5.91 Å². The maximum atomic E-state index is 12.7. The second-order valence-corrected chi connectivity index (χ2v) is 5.55. The van der Waals surface area contributed by atoms with Crippen LogP contribution in [0.5, 0.6) is 0 Å². The van der Waals surface area contributed by atoms with Gasteiger partial charge in [0.05, 0.1) is 5.52 Å². The van der Waals surface area contributed by atoms with Crippen LogP contribution >= 0.6 is 12.6 Å². The van der Waals surface area contributed by atoms with Crippen molar-refractivity contribution >= 4 is 35.1 Å². The maximum Gasteiger partial charge on any atom is 0.263 e. The molecule has 0 aliphatic rings. The number of aromatic amines is 1. The van der Waals surface area contributed by atoms with Crippen LogP contribution in [0.1, 0.15) is 15.9 Å². The van der Waals surface area contributed by atoms with E-state index in [9.17, 15) is 9.59 Å². The summed E-state index contributed by atoms with van der Waals surface area (Å²) in [6.07, 6.45) is 1.49. The Labute approximate surface area is 139 Å². The zero-order valence-corrected chi connectivity index (χ0v) is 13.5. The van der Waals surface area contributed by atoms with Crippen LogP contribution in [-0.2, 0) is 5.75 Å². The van der Waals surface area contributed by atoms with Gasteiger partial charge in [-0.3, -0.25) is 9.59 Å². The molecule has 4 nitrogen and oxygen atoms in total. The van der Waals surface area contributed by atoms with Gasteiger partial charge in [0.1, 0.15) is 5.56 Å². The molecule has 0 saturated heterocycles. The molecule has 0 aliphatic heterocycles. The Morgan fingerprint density at radius 2 is 1.87 bits per heavy atom. The minimum Gasteiger partial charge on any atom is -0.360 e. The highest BCUT2D eigenvalue weighted by Crippen LogP contribution is 2.18. The number of aromatic nitrogens is 1. The summed E-state index contributed by atoms with van der Waals surface area (Å²) in [5.41, 5.74) is 2.25. The number of nitrogens with zero attached hydrogens (tertiary/aromatic N) is 1. The Morgan fingerprint density at radius 1 is 1.13 bits per heavy atom. The number of nitrogens with one attached hydrogen (secondary N) is 1. The number of pyridine rings is 1. The van der Waals surface area contributed by atoms with Gasteiger partial charge in [-0.05, 0) is 23.8 Å². The van der Waals surface area contributed by atoms with Gasteiger partial charge in [0.15, 0.2) is 0 Å². The van der Waals surface area contributed by atoms with E-state index >= 15 is 0 Å². The first-order chi connectivity index (χ1) is 11.1. The number of H-pyrrole nitrogens is 1. The Hall–Kier alpha value is -2.53. The van der Waals surface area contributed by atoms with E-state index in [0.29, 0.717) is 11.1 Å². The van der Waals surface area contributed by atoms with Crippen molar-refractivity contribution in [3.63, 3.8) is 0 Å². The number of hydrogen-bond acceptors (Lipinski definition) is 3. The van der Waals surface area contributed by atoms with Gasteiger partial charge in [-0.25, -0.2) is 0 Å². The van der Waals surface area contributed by atoms with Crippen LogP contribution in [-0.4, -0.2) is 17.9 Å². The molecule has 0 radical (unpaired) electrons. The van der Waals surface area contributed by atoms with Crippen molar-refractivity contribution in [3.05, 3.63) is 76.1 Å². The lowest BCUT2D eigenvalue weighted by atomic mass is 10.1. The Balaban J connectivity index is 2.09. The first-order valence-electron chi connectivity index (χ1n) is 7.20. The molecule has 0 fully saturated rings. The van der Waals surface area contributed by atoms with E-state index in [1.54, 1.807) is 19.2 Å². The average molecular weight is 324 g/mol. The predicted molar refractivity (Wildman–Crippen MR) is 96.4 cm³/mol. The molecule has 0 spiro atoms. The molecule has 3 rings (SSSR count). The van der Waals surface area contributed by atoms with Crippen molar-refractivity contribution in [2.24, 2.45) is 0 Å². The number of carbonyl (C=O) groups excluding carboxylic acids is 1. The van der Waals surface area contributed by atoms with Crippen LogP contribution in [0.4, 0.5) is 5.69 Å². The number of thiol groups is 1. The van der Waals surface area contributed by atoms with Crippen molar-refractivity contribution in [3.8, 4) is 0 Å². The van der Waals surface area contributed by atoms with Crippen molar-refractivity contribution in [2.75, 3.05) is 11.9 Å². The normalized spacial score (nSPS) is 10.7. The molecular weight excluding hydrogens is 308 g/mol. The van der Waals surface area contributed by atoms with Gasteiger partial charge in [-0.1, -0.05) is 30.3 Å². The van der Waals surface area contributed by atoms with E-state index in [-0.39, 0.29) is 16.9 Å². The summed E-state index contributed by atoms with van der Waals surface area (Å²) in [5, 5.41) is 0.504. The monoisotopic (exact) mass is 324 g/mol. The number of hydrogen-bond donors (Lipinski definition) is 2. The molecule has 0 aliphatic carbocycles. The summed E-state index contributed by atoms with van der Waals surface area (Å²) in [6, 6.07) is 14.7. The number of fused-ring (bicyclic) bond motifs is 1. The van der Waals surface area contributed by atoms with Crippen LogP contribution < -0.4 is 10.3 Å². The largest absolute Gasteiger partial charge is 0.360 e. The molecular formula is C18H16N2O2S. The standard InChI is InChI=1S/C18H16N2O2S/c1-20(13-7-3-2-4-8-13)18(22)15-10-19-16-12(11-23)6-5-9-14(16)17(15)21/h2-10,23H,11H2,1H3,(H,19,21). The third-order valence-corrected chi connectivity index (χ3v) is 4.19. The van der Waals surface area contributed by atoms with E-state index in [4.69, 9.17) is 0 Å². The van der Waals surface area contributed by atoms with E-state index in [0.717, 1.165) is 16.8 Å². The summed E-state index contributed by atoms with van der Waals surface area (Å²) in [6.45, 7) is 0. The van der Waals surface area contributed by atoms with Gasteiger partial charge >= 0.3 is 0 Å². The summed E-state index contributed by atoms with van der Waals surface area (Å²) in [5.74, 6) is 0.181. The minimum absolute atomic E-state index is 0.125. The van der Waals surface area contributed by atoms with E-state index < -0.39 is 0 Å². The highest BCUT2D eigenvalue weighted by molar-refractivity contribution is 7.79. The van der Waals surface area contributed by atoms with Crippen LogP contribution in [0, 0.1) is 0 Å². The second-order valence-electron chi connectivity index (χ2n) is 5.23. The molecule has 1 N–H and O–H groups in total. The van der Waals surface area contributed by atoms with Gasteiger partial charge < -0.3 is 9.88 Å². The second kappa shape index (κ2) is 6.30. The molecule has 23 heavy (non-hydrogen) atoms. The molecule has 1 aromatic heterocycles. The number of para-hydroxylation sites is 2. The number of rotatable bonds is 3. The highest BCUT2D eigenvalue weighted by Gasteiger charge is 2.18. The van der Waals surface area contributed by atoms with E-state index in [1.165, 1.54) is 11.1 Å². The zero-order chi connectivity index (χ0) is 16.4. The van der Waals surface area contributed by atoms with Crippen molar-refractivity contribution in [1.82, 2.24) is 4.98 Å². The van der Waals surface area contributed by atoms with Crippen molar-refractivity contribution in [1.29, 1.82) is 0 Å². The van der Waals surface area contributed by atoms with Gasteiger partial charge in [0.2, 0.25) is 5.43 Å². The summed E-state index contributed by atoms with van der Waals surface area (Å²) in [4.78, 5) is 29.9. The molecule has 0 unspecified atom stereocenters. The fraction of sp³-hybridized carbons (Fsp3) is 0.111. The summed E-state index contributed by atoms with van der Waals surface area (Å²) in [7, 11) is 1.66. The quantitative estimate of drug-likeness (QED) is 0.727. The first kappa shape index (κ1) is 15.4. The lowest BCUT2D eigenvalue weighted by Crippen LogP contribution is -2.31. The molecule has 116 valence electrons. The summed E-state index contributed by atoms with van der Waals surface area (Å²) < 4.78 is 0. The predicted octanol–water partition coefficient (Wildman–Crippen LogP) is 3.23. The third-order valence-electron chi connectivity index (χ3n) is 3.85. The van der Waals surface area contributed by atoms with E-state index in [1.807, 2.05) is 36.4 Å². The molecule has 1 amide bonds. The number of amides is 1. The lowest BCUT2D eigenvalue weighted by molar-refractivity contribution is 0.0992.